The van der Waals surface area contributed by atoms with Crippen LogP contribution in [-0.2, 0) is 14.3 Å². The van der Waals surface area contributed by atoms with E-state index < -0.39 is 12.1 Å². The van der Waals surface area contributed by atoms with Gasteiger partial charge in [0.25, 0.3) is 0 Å². The van der Waals surface area contributed by atoms with Gasteiger partial charge in [-0.3, -0.25) is 9.59 Å². The number of aliphatic hydroxyl groups excluding tert-OH is 1. The average molecular weight is 406 g/mol. The molecule has 2 rings (SSSR count). The van der Waals surface area contributed by atoms with Gasteiger partial charge in [0.2, 0.25) is 5.91 Å². The van der Waals surface area contributed by atoms with Crippen molar-refractivity contribution in [2.45, 2.75) is 25.9 Å². The van der Waals surface area contributed by atoms with Crippen molar-refractivity contribution in [3.63, 3.8) is 0 Å². The number of hydrogen-bond donors (Lipinski definition) is 2. The predicted octanol–water partition coefficient (Wildman–Crippen LogP) is 3.81. The molecule has 25 heavy (non-hydrogen) atoms. The normalized spacial score (nSPS) is 11.6. The minimum absolute atomic E-state index is 0.0238. The highest BCUT2D eigenvalue weighted by atomic mass is 79.9. The van der Waals surface area contributed by atoms with Gasteiger partial charge in [0.05, 0.1) is 13.0 Å². The zero-order valence-electron chi connectivity index (χ0n) is 13.9. The summed E-state index contributed by atoms with van der Waals surface area (Å²) in [4.78, 5) is 23.4. The number of para-hydroxylation sites is 1. The first-order valence-corrected chi connectivity index (χ1v) is 8.78. The summed E-state index contributed by atoms with van der Waals surface area (Å²) in [5.74, 6) is -0.706. The molecular weight excluding hydrogens is 386 g/mol. The Morgan fingerprint density at radius 2 is 1.92 bits per heavy atom. The van der Waals surface area contributed by atoms with Crippen LogP contribution in [0.4, 0.5) is 5.69 Å². The number of amides is 1. The summed E-state index contributed by atoms with van der Waals surface area (Å²) in [5.41, 5.74) is 1.82. The average Bonchev–Trinajstić information content (AvgIpc) is 2.60. The Morgan fingerprint density at radius 3 is 2.64 bits per heavy atom. The molecule has 1 unspecified atom stereocenters. The van der Waals surface area contributed by atoms with Gasteiger partial charge < -0.3 is 15.2 Å². The minimum Gasteiger partial charge on any atom is -0.466 e. The molecule has 0 aliphatic heterocycles. The van der Waals surface area contributed by atoms with Crippen molar-refractivity contribution < 1.29 is 19.4 Å². The lowest BCUT2D eigenvalue weighted by molar-refractivity contribution is -0.144. The number of halogens is 1. The largest absolute Gasteiger partial charge is 0.466 e. The maximum Gasteiger partial charge on any atom is 0.306 e. The van der Waals surface area contributed by atoms with Crippen molar-refractivity contribution in [2.24, 2.45) is 0 Å². The number of ether oxygens (including phenoxy) is 1. The second kappa shape index (κ2) is 9.34. The fraction of sp³-hybridized carbons (Fsp3) is 0.263. The molecule has 1 amide bonds. The molecule has 0 bridgehead atoms. The Hall–Kier alpha value is -2.18. The van der Waals surface area contributed by atoms with E-state index in [2.05, 4.69) is 21.2 Å². The van der Waals surface area contributed by atoms with Gasteiger partial charge in [0.1, 0.15) is 6.10 Å². The first-order valence-electron chi connectivity index (χ1n) is 7.99. The molecule has 2 aromatic rings. The van der Waals surface area contributed by atoms with Crippen molar-refractivity contribution in [3.05, 3.63) is 64.1 Å². The lowest BCUT2D eigenvalue weighted by Crippen LogP contribution is -2.16. The molecule has 6 heteroatoms. The first-order chi connectivity index (χ1) is 12.0. The summed E-state index contributed by atoms with van der Waals surface area (Å²) in [6.45, 7) is 2.01. The highest BCUT2D eigenvalue weighted by Gasteiger charge is 2.16. The lowest BCUT2D eigenvalue weighted by Gasteiger charge is -2.17. The molecular formula is C19H20BrNO4. The molecule has 0 aromatic heterocycles. The quantitative estimate of drug-likeness (QED) is 0.686. The maximum absolute atomic E-state index is 12.1. The molecule has 2 N–H and O–H groups in total. The van der Waals surface area contributed by atoms with Crippen LogP contribution >= 0.6 is 15.9 Å². The van der Waals surface area contributed by atoms with E-state index >= 15 is 0 Å². The molecule has 0 heterocycles. The monoisotopic (exact) mass is 405 g/mol. The van der Waals surface area contributed by atoms with Gasteiger partial charge in [-0.25, -0.2) is 0 Å². The SMILES string of the molecule is CCOC(=O)CCC(=O)Nc1ccccc1C(O)c1cccc(Br)c1. The van der Waals surface area contributed by atoms with E-state index in [9.17, 15) is 14.7 Å². The fourth-order valence-corrected chi connectivity index (χ4v) is 2.78. The number of aliphatic hydroxyl groups is 1. The topological polar surface area (TPSA) is 75.6 Å². The van der Waals surface area contributed by atoms with Crippen molar-refractivity contribution in [3.8, 4) is 0 Å². The molecule has 1 atom stereocenters. The van der Waals surface area contributed by atoms with Crippen molar-refractivity contribution in [2.75, 3.05) is 11.9 Å². The van der Waals surface area contributed by atoms with Crippen LogP contribution in [0.3, 0.4) is 0 Å². The summed E-state index contributed by atoms with van der Waals surface area (Å²) in [6, 6.07) is 14.4. The van der Waals surface area contributed by atoms with Crippen LogP contribution in [0.15, 0.2) is 53.0 Å². The number of rotatable bonds is 7. The zero-order chi connectivity index (χ0) is 18.2. The standard InChI is InChI=1S/C19H20BrNO4/c1-2-25-18(23)11-10-17(22)21-16-9-4-3-8-15(16)19(24)13-6-5-7-14(20)12-13/h3-9,12,19,24H,2,10-11H2,1H3,(H,21,22). The van der Waals surface area contributed by atoms with Crippen LogP contribution in [0.5, 0.6) is 0 Å². The molecule has 0 saturated heterocycles. The molecule has 0 aliphatic carbocycles. The Labute approximate surface area is 155 Å². The van der Waals surface area contributed by atoms with Crippen molar-refractivity contribution in [1.29, 1.82) is 0 Å². The number of nitrogens with one attached hydrogen (secondary N) is 1. The second-order valence-electron chi connectivity index (χ2n) is 5.40. The number of hydrogen-bond acceptors (Lipinski definition) is 4. The Balaban J connectivity index is 2.10. The summed E-state index contributed by atoms with van der Waals surface area (Å²) in [5, 5.41) is 13.4. The van der Waals surface area contributed by atoms with E-state index in [1.54, 1.807) is 31.2 Å². The third-order valence-corrected chi connectivity index (χ3v) is 4.05. The van der Waals surface area contributed by atoms with Gasteiger partial charge >= 0.3 is 5.97 Å². The van der Waals surface area contributed by atoms with E-state index in [4.69, 9.17) is 4.74 Å². The number of carbonyl (C=O) groups is 2. The van der Waals surface area contributed by atoms with E-state index in [1.165, 1.54) is 0 Å². The van der Waals surface area contributed by atoms with Crippen LogP contribution in [0.2, 0.25) is 0 Å². The molecule has 0 fully saturated rings. The molecule has 0 saturated carbocycles. The van der Waals surface area contributed by atoms with E-state index in [1.807, 2.05) is 24.3 Å². The third-order valence-electron chi connectivity index (χ3n) is 3.56. The van der Waals surface area contributed by atoms with Crippen LogP contribution < -0.4 is 5.32 Å². The fourth-order valence-electron chi connectivity index (χ4n) is 2.37. The van der Waals surface area contributed by atoms with Crippen molar-refractivity contribution in [1.82, 2.24) is 0 Å². The van der Waals surface area contributed by atoms with Gasteiger partial charge in [-0.2, -0.15) is 0 Å². The Bertz CT molecular complexity index is 748. The molecule has 0 spiro atoms. The molecule has 0 radical (unpaired) electrons. The smallest absolute Gasteiger partial charge is 0.306 e. The van der Waals surface area contributed by atoms with Gasteiger partial charge in [0, 0.05) is 22.1 Å². The van der Waals surface area contributed by atoms with Crippen LogP contribution in [0.25, 0.3) is 0 Å². The third kappa shape index (κ3) is 5.69. The summed E-state index contributed by atoms with van der Waals surface area (Å²) < 4.78 is 5.67. The Morgan fingerprint density at radius 1 is 1.16 bits per heavy atom. The van der Waals surface area contributed by atoms with E-state index in [0.717, 1.165) is 4.47 Å². The summed E-state index contributed by atoms with van der Waals surface area (Å²) >= 11 is 3.38. The summed E-state index contributed by atoms with van der Waals surface area (Å²) in [6.07, 6.45) is -0.824. The molecule has 0 aliphatic rings. The van der Waals surface area contributed by atoms with Gasteiger partial charge in [-0.1, -0.05) is 46.3 Å². The highest BCUT2D eigenvalue weighted by Crippen LogP contribution is 2.29. The van der Waals surface area contributed by atoms with E-state index in [0.29, 0.717) is 23.4 Å². The minimum atomic E-state index is -0.876. The van der Waals surface area contributed by atoms with Crippen LogP contribution in [-0.4, -0.2) is 23.6 Å². The number of carbonyl (C=O) groups excluding carboxylic acids is 2. The highest BCUT2D eigenvalue weighted by molar-refractivity contribution is 9.10. The van der Waals surface area contributed by atoms with Crippen LogP contribution in [0.1, 0.15) is 37.0 Å². The second-order valence-corrected chi connectivity index (χ2v) is 6.31. The number of anilines is 1. The first kappa shape index (κ1) is 19.1. The number of benzene rings is 2. The van der Waals surface area contributed by atoms with Crippen molar-refractivity contribution >= 4 is 33.5 Å². The van der Waals surface area contributed by atoms with Gasteiger partial charge in [0.15, 0.2) is 0 Å². The lowest BCUT2D eigenvalue weighted by atomic mass is 10.00. The molecule has 132 valence electrons. The van der Waals surface area contributed by atoms with Gasteiger partial charge in [-0.15, -0.1) is 0 Å². The van der Waals surface area contributed by atoms with Crippen LogP contribution in [0, 0.1) is 0 Å². The Kier molecular flexibility index (Phi) is 7.16. The van der Waals surface area contributed by atoms with Gasteiger partial charge in [-0.05, 0) is 30.7 Å². The zero-order valence-corrected chi connectivity index (χ0v) is 15.5. The molecule has 2 aromatic carbocycles. The molecule has 5 nitrogen and oxygen atoms in total. The van der Waals surface area contributed by atoms with E-state index in [-0.39, 0.29) is 18.7 Å². The maximum atomic E-state index is 12.1. The predicted molar refractivity (Wildman–Crippen MR) is 99.1 cm³/mol. The summed E-state index contributed by atoms with van der Waals surface area (Å²) in [7, 11) is 0. The number of esters is 1.